The van der Waals surface area contributed by atoms with Gasteiger partial charge in [0.25, 0.3) is 0 Å². The Morgan fingerprint density at radius 3 is 2.71 bits per heavy atom. The molecule has 24 heavy (non-hydrogen) atoms. The van der Waals surface area contributed by atoms with Gasteiger partial charge in [-0.15, -0.1) is 0 Å². The lowest BCUT2D eigenvalue weighted by Gasteiger charge is -2.17. The summed E-state index contributed by atoms with van der Waals surface area (Å²) in [6.07, 6.45) is 3.40. The first-order valence-corrected chi connectivity index (χ1v) is 8.71. The van der Waals surface area contributed by atoms with Gasteiger partial charge in [0.15, 0.2) is 0 Å². The zero-order valence-electron chi connectivity index (χ0n) is 13.8. The first-order chi connectivity index (χ1) is 11.5. The predicted molar refractivity (Wildman–Crippen MR) is 96.4 cm³/mol. The molecule has 0 spiro atoms. The molecule has 0 amide bonds. The standard InChI is InChI=1S/C17H22BrN3O3/c1-3-11(4-2)10-24-15-6-5-13(18)7-12(15)9-21-16(19)14(8-20-21)17(22)23/h5-8,11H,3-4,9-10,19H2,1-2H3,(H,22,23). The molecular weight excluding hydrogens is 374 g/mol. The van der Waals surface area contributed by atoms with Crippen molar-refractivity contribution < 1.29 is 14.6 Å². The van der Waals surface area contributed by atoms with Crippen LogP contribution < -0.4 is 10.5 Å². The van der Waals surface area contributed by atoms with Gasteiger partial charge < -0.3 is 15.6 Å². The van der Waals surface area contributed by atoms with Crippen molar-refractivity contribution in [3.63, 3.8) is 0 Å². The number of nitrogen functional groups attached to an aromatic ring is 1. The molecule has 6 nitrogen and oxygen atoms in total. The van der Waals surface area contributed by atoms with Crippen LogP contribution in [0.15, 0.2) is 28.9 Å². The Labute approximate surface area is 149 Å². The summed E-state index contributed by atoms with van der Waals surface area (Å²) in [6.45, 7) is 5.29. The predicted octanol–water partition coefficient (Wildman–Crippen LogP) is 3.79. The third-order valence-corrected chi connectivity index (χ3v) is 4.58. The van der Waals surface area contributed by atoms with E-state index in [0.29, 0.717) is 19.1 Å². The fraction of sp³-hybridized carbons (Fsp3) is 0.412. The van der Waals surface area contributed by atoms with Gasteiger partial charge >= 0.3 is 5.97 Å². The van der Waals surface area contributed by atoms with Crippen LogP contribution >= 0.6 is 15.9 Å². The van der Waals surface area contributed by atoms with E-state index in [4.69, 9.17) is 15.6 Å². The van der Waals surface area contributed by atoms with Crippen LogP contribution in [0.3, 0.4) is 0 Å². The van der Waals surface area contributed by atoms with E-state index in [-0.39, 0.29) is 11.4 Å². The van der Waals surface area contributed by atoms with Crippen LogP contribution in [0.25, 0.3) is 0 Å². The Kier molecular flexibility index (Phi) is 6.25. The summed E-state index contributed by atoms with van der Waals surface area (Å²) in [4.78, 5) is 11.1. The monoisotopic (exact) mass is 395 g/mol. The average Bonchev–Trinajstić information content (AvgIpc) is 2.91. The van der Waals surface area contributed by atoms with Crippen LogP contribution in [0.2, 0.25) is 0 Å². The van der Waals surface area contributed by atoms with Gasteiger partial charge in [-0.3, -0.25) is 0 Å². The molecule has 0 bridgehead atoms. The molecule has 0 fully saturated rings. The van der Waals surface area contributed by atoms with Gasteiger partial charge in [-0.2, -0.15) is 5.10 Å². The van der Waals surface area contributed by atoms with Gasteiger partial charge in [0.05, 0.1) is 19.3 Å². The quantitative estimate of drug-likeness (QED) is 0.709. The van der Waals surface area contributed by atoms with Crippen molar-refractivity contribution in [2.45, 2.75) is 33.2 Å². The SMILES string of the molecule is CCC(CC)COc1ccc(Br)cc1Cn1ncc(C(=O)O)c1N. The van der Waals surface area contributed by atoms with Gasteiger partial charge in [-0.1, -0.05) is 42.6 Å². The van der Waals surface area contributed by atoms with Gasteiger partial charge in [0.1, 0.15) is 17.1 Å². The van der Waals surface area contributed by atoms with Crippen LogP contribution in [0.4, 0.5) is 5.82 Å². The van der Waals surface area contributed by atoms with Gasteiger partial charge in [-0.25, -0.2) is 9.48 Å². The minimum absolute atomic E-state index is 0.00416. The number of anilines is 1. The first kappa shape index (κ1) is 18.3. The maximum absolute atomic E-state index is 11.1. The minimum Gasteiger partial charge on any atom is -0.493 e. The maximum atomic E-state index is 11.1. The number of carboxylic acid groups (broad SMARTS) is 1. The number of carboxylic acids is 1. The van der Waals surface area contributed by atoms with Crippen LogP contribution in [0.1, 0.15) is 42.6 Å². The summed E-state index contributed by atoms with van der Waals surface area (Å²) in [5, 5.41) is 13.1. The molecule has 0 aliphatic heterocycles. The highest BCUT2D eigenvalue weighted by Gasteiger charge is 2.16. The number of hydrogen-bond donors (Lipinski definition) is 2. The number of halogens is 1. The summed E-state index contributed by atoms with van der Waals surface area (Å²) in [5.74, 6) is 0.318. The highest BCUT2D eigenvalue weighted by Crippen LogP contribution is 2.26. The second-order valence-electron chi connectivity index (χ2n) is 5.65. The number of benzene rings is 1. The lowest BCUT2D eigenvalue weighted by Crippen LogP contribution is -2.13. The normalized spacial score (nSPS) is 11.0. The zero-order chi connectivity index (χ0) is 17.7. The van der Waals surface area contributed by atoms with E-state index in [0.717, 1.165) is 28.6 Å². The zero-order valence-corrected chi connectivity index (χ0v) is 15.4. The Hall–Kier alpha value is -2.02. The van der Waals surface area contributed by atoms with E-state index in [2.05, 4.69) is 34.9 Å². The van der Waals surface area contributed by atoms with Crippen LogP contribution in [0.5, 0.6) is 5.75 Å². The summed E-state index contributed by atoms with van der Waals surface area (Å²) < 4.78 is 8.36. The summed E-state index contributed by atoms with van der Waals surface area (Å²) >= 11 is 3.45. The van der Waals surface area contributed by atoms with E-state index >= 15 is 0 Å². The molecular formula is C17H22BrN3O3. The molecule has 1 heterocycles. The first-order valence-electron chi connectivity index (χ1n) is 7.92. The van der Waals surface area contributed by atoms with Crippen molar-refractivity contribution in [2.75, 3.05) is 12.3 Å². The molecule has 2 rings (SSSR count). The molecule has 0 atom stereocenters. The lowest BCUT2D eigenvalue weighted by atomic mass is 10.1. The van der Waals surface area contributed by atoms with Crippen molar-refractivity contribution >= 4 is 27.7 Å². The maximum Gasteiger partial charge on any atom is 0.341 e. The topological polar surface area (TPSA) is 90.4 Å². The summed E-state index contributed by atoms with van der Waals surface area (Å²) in [6, 6.07) is 5.75. The number of nitrogens with two attached hydrogens (primary N) is 1. The molecule has 130 valence electrons. The number of nitrogens with zero attached hydrogens (tertiary/aromatic N) is 2. The molecule has 0 radical (unpaired) electrons. The number of rotatable bonds is 8. The molecule has 0 saturated carbocycles. The van der Waals surface area contributed by atoms with Crippen molar-refractivity contribution in [2.24, 2.45) is 5.92 Å². The van der Waals surface area contributed by atoms with Crippen LogP contribution in [-0.4, -0.2) is 27.5 Å². The van der Waals surface area contributed by atoms with Crippen LogP contribution in [0, 0.1) is 5.92 Å². The van der Waals surface area contributed by atoms with E-state index in [1.165, 1.54) is 10.9 Å². The van der Waals surface area contributed by atoms with Crippen molar-refractivity contribution in [3.05, 3.63) is 40.0 Å². The van der Waals surface area contributed by atoms with Crippen molar-refractivity contribution in [1.29, 1.82) is 0 Å². The largest absolute Gasteiger partial charge is 0.493 e. The fourth-order valence-electron chi connectivity index (χ4n) is 2.39. The number of carbonyl (C=O) groups is 1. The Morgan fingerprint density at radius 2 is 2.12 bits per heavy atom. The second-order valence-corrected chi connectivity index (χ2v) is 6.57. The van der Waals surface area contributed by atoms with E-state index < -0.39 is 5.97 Å². The smallest absolute Gasteiger partial charge is 0.341 e. The Balaban J connectivity index is 2.23. The number of aromatic nitrogens is 2. The highest BCUT2D eigenvalue weighted by molar-refractivity contribution is 9.10. The lowest BCUT2D eigenvalue weighted by molar-refractivity contribution is 0.0698. The van der Waals surface area contributed by atoms with E-state index in [1.54, 1.807) is 0 Å². The third-order valence-electron chi connectivity index (χ3n) is 4.08. The molecule has 1 aromatic carbocycles. The third kappa shape index (κ3) is 4.29. The fourth-order valence-corrected chi connectivity index (χ4v) is 2.80. The van der Waals surface area contributed by atoms with Gasteiger partial charge in [-0.05, 0) is 24.1 Å². The molecule has 3 N–H and O–H groups in total. The molecule has 7 heteroatoms. The molecule has 0 aliphatic carbocycles. The second kappa shape index (κ2) is 8.19. The molecule has 0 unspecified atom stereocenters. The molecule has 0 aliphatic rings. The minimum atomic E-state index is -1.09. The van der Waals surface area contributed by atoms with Gasteiger partial charge in [0, 0.05) is 10.0 Å². The summed E-state index contributed by atoms with van der Waals surface area (Å²) in [7, 11) is 0. The summed E-state index contributed by atoms with van der Waals surface area (Å²) in [5.41, 5.74) is 6.77. The number of aromatic carboxylic acids is 1. The van der Waals surface area contributed by atoms with Gasteiger partial charge in [0.2, 0.25) is 0 Å². The number of ether oxygens (including phenoxy) is 1. The Bertz CT molecular complexity index is 711. The molecule has 2 aromatic rings. The Morgan fingerprint density at radius 1 is 1.42 bits per heavy atom. The highest BCUT2D eigenvalue weighted by atomic mass is 79.9. The van der Waals surface area contributed by atoms with Crippen molar-refractivity contribution in [1.82, 2.24) is 9.78 Å². The van der Waals surface area contributed by atoms with E-state index in [9.17, 15) is 4.79 Å². The number of hydrogen-bond acceptors (Lipinski definition) is 4. The van der Waals surface area contributed by atoms with E-state index in [1.807, 2.05) is 18.2 Å². The van der Waals surface area contributed by atoms with Crippen LogP contribution in [-0.2, 0) is 6.54 Å². The molecule has 1 aromatic heterocycles. The van der Waals surface area contributed by atoms with Crippen molar-refractivity contribution in [3.8, 4) is 5.75 Å². The molecule has 0 saturated heterocycles. The average molecular weight is 396 g/mol.